The van der Waals surface area contributed by atoms with E-state index >= 15 is 0 Å². The molecule has 0 bridgehead atoms. The van der Waals surface area contributed by atoms with Crippen LogP contribution < -0.4 is 0 Å². The lowest BCUT2D eigenvalue weighted by molar-refractivity contribution is 0.0715. The van der Waals surface area contributed by atoms with Gasteiger partial charge in [-0.1, -0.05) is 25.7 Å². The van der Waals surface area contributed by atoms with Crippen molar-refractivity contribution >= 4 is 15.9 Å². The molecule has 2 fully saturated rings. The normalized spacial score (nSPS) is 20.2. The number of benzene rings is 1. The van der Waals surface area contributed by atoms with Gasteiger partial charge in [0.2, 0.25) is 10.0 Å². The maximum Gasteiger partial charge on any atom is 0.253 e. The zero-order valence-corrected chi connectivity index (χ0v) is 16.5. The molecule has 2 aliphatic rings. The van der Waals surface area contributed by atoms with E-state index in [1.54, 1.807) is 11.9 Å². The predicted octanol–water partition coefficient (Wildman–Crippen LogP) is 2.64. The van der Waals surface area contributed by atoms with Crippen molar-refractivity contribution in [2.45, 2.75) is 49.5 Å². The molecule has 1 aromatic rings. The molecule has 3 rings (SSSR count). The summed E-state index contributed by atoms with van der Waals surface area (Å²) in [4.78, 5) is 14.1. The van der Waals surface area contributed by atoms with Crippen LogP contribution in [0.4, 0.5) is 4.39 Å². The van der Waals surface area contributed by atoms with Gasteiger partial charge < -0.3 is 9.64 Å². The number of halogens is 1. The van der Waals surface area contributed by atoms with Gasteiger partial charge in [0.05, 0.1) is 13.2 Å². The van der Waals surface area contributed by atoms with Crippen molar-refractivity contribution in [2.75, 3.05) is 33.4 Å². The van der Waals surface area contributed by atoms with Gasteiger partial charge in [0.25, 0.3) is 5.91 Å². The molecule has 150 valence electrons. The summed E-state index contributed by atoms with van der Waals surface area (Å²) in [7, 11) is -2.25. The zero-order chi connectivity index (χ0) is 19.4. The summed E-state index contributed by atoms with van der Waals surface area (Å²) in [5.74, 6) is -1.10. The Kier molecular flexibility index (Phi) is 6.49. The van der Waals surface area contributed by atoms with Crippen LogP contribution in [0.25, 0.3) is 0 Å². The van der Waals surface area contributed by atoms with Gasteiger partial charge >= 0.3 is 0 Å². The first-order chi connectivity index (χ1) is 12.9. The summed E-state index contributed by atoms with van der Waals surface area (Å²) in [6, 6.07) is 3.75. The Hall–Kier alpha value is -1.51. The molecule has 1 heterocycles. The first-order valence-corrected chi connectivity index (χ1v) is 11.0. The second-order valence-corrected chi connectivity index (χ2v) is 9.13. The van der Waals surface area contributed by atoms with E-state index < -0.39 is 20.7 Å². The van der Waals surface area contributed by atoms with Crippen LogP contribution in [0.1, 0.15) is 48.9 Å². The Labute approximate surface area is 160 Å². The number of amides is 1. The van der Waals surface area contributed by atoms with Crippen LogP contribution in [0, 0.1) is 5.82 Å². The number of carbonyl (C=O) groups is 1. The molecule has 1 aliphatic carbocycles. The van der Waals surface area contributed by atoms with Crippen LogP contribution in [-0.2, 0) is 14.8 Å². The van der Waals surface area contributed by atoms with E-state index in [0.29, 0.717) is 0 Å². The van der Waals surface area contributed by atoms with E-state index in [0.717, 1.165) is 31.7 Å². The maximum atomic E-state index is 14.3. The third kappa shape index (κ3) is 4.50. The molecule has 1 amide bonds. The van der Waals surface area contributed by atoms with Gasteiger partial charge in [-0.05, 0) is 31.0 Å². The summed E-state index contributed by atoms with van der Waals surface area (Å²) in [5.41, 5.74) is 0.204. The van der Waals surface area contributed by atoms with Gasteiger partial charge in [-0.2, -0.15) is 4.31 Å². The third-order valence-electron chi connectivity index (χ3n) is 5.46. The van der Waals surface area contributed by atoms with Gasteiger partial charge in [0.15, 0.2) is 0 Å². The molecule has 0 aromatic heterocycles. The number of nitrogens with zero attached hydrogens (tertiary/aromatic N) is 2. The summed E-state index contributed by atoms with van der Waals surface area (Å²) < 4.78 is 46.3. The minimum absolute atomic E-state index is 0.143. The fraction of sp³-hybridized carbons (Fsp3) is 0.632. The number of hydrogen-bond acceptors (Lipinski definition) is 4. The lowest BCUT2D eigenvalue weighted by Crippen LogP contribution is -2.41. The highest BCUT2D eigenvalue weighted by Gasteiger charge is 2.30. The third-order valence-corrected chi connectivity index (χ3v) is 7.37. The smallest absolute Gasteiger partial charge is 0.253 e. The molecule has 1 aliphatic heterocycles. The van der Waals surface area contributed by atoms with Gasteiger partial charge in [-0.15, -0.1) is 0 Å². The number of ether oxygens (including phenoxy) is 1. The fourth-order valence-electron chi connectivity index (χ4n) is 3.77. The highest BCUT2D eigenvalue weighted by Crippen LogP contribution is 2.25. The zero-order valence-electron chi connectivity index (χ0n) is 15.7. The molecule has 27 heavy (non-hydrogen) atoms. The van der Waals surface area contributed by atoms with Gasteiger partial charge in [0, 0.05) is 31.7 Å². The van der Waals surface area contributed by atoms with Crippen molar-refractivity contribution in [3.8, 4) is 0 Å². The highest BCUT2D eigenvalue weighted by molar-refractivity contribution is 7.89. The highest BCUT2D eigenvalue weighted by atomic mass is 32.2. The minimum atomic E-state index is -4.00. The first-order valence-electron chi connectivity index (χ1n) is 9.56. The maximum absolute atomic E-state index is 14.3. The Morgan fingerprint density at radius 2 is 1.78 bits per heavy atom. The number of rotatable bonds is 4. The van der Waals surface area contributed by atoms with Crippen LogP contribution in [-0.4, -0.2) is 62.9 Å². The van der Waals surface area contributed by atoms with E-state index in [1.165, 1.54) is 29.3 Å². The summed E-state index contributed by atoms with van der Waals surface area (Å²) in [5, 5.41) is 0. The molecule has 1 saturated heterocycles. The molecule has 1 aromatic carbocycles. The second-order valence-electron chi connectivity index (χ2n) is 7.22. The Balaban J connectivity index is 1.84. The minimum Gasteiger partial charge on any atom is -0.379 e. The van der Waals surface area contributed by atoms with Gasteiger partial charge in [-0.3, -0.25) is 4.79 Å². The number of carbonyl (C=O) groups excluding carboxylic acids is 1. The molecule has 8 heteroatoms. The lowest BCUT2D eigenvalue weighted by Gasteiger charge is -2.28. The molecule has 0 unspecified atom stereocenters. The van der Waals surface area contributed by atoms with E-state index in [-0.39, 0.29) is 43.8 Å². The van der Waals surface area contributed by atoms with Crippen LogP contribution in [0.5, 0.6) is 0 Å². The van der Waals surface area contributed by atoms with Crippen molar-refractivity contribution in [1.29, 1.82) is 0 Å². The van der Waals surface area contributed by atoms with Crippen molar-refractivity contribution < 1.29 is 22.3 Å². The summed E-state index contributed by atoms with van der Waals surface area (Å²) in [6.45, 7) is 0.928. The molecule has 0 radical (unpaired) electrons. The standard InChI is InChI=1S/C19H27FN2O4S/c1-21(16-6-4-2-3-5-7-16)19(23)15-8-9-17(20)18(14-15)27(24,25)22-10-12-26-13-11-22/h8-9,14,16H,2-7,10-13H2,1H3. The van der Waals surface area contributed by atoms with Gasteiger partial charge in [-0.25, -0.2) is 12.8 Å². The summed E-state index contributed by atoms with van der Waals surface area (Å²) in [6.07, 6.45) is 6.42. The van der Waals surface area contributed by atoms with E-state index in [1.807, 2.05) is 0 Å². The van der Waals surface area contributed by atoms with Crippen LogP contribution >= 0.6 is 0 Å². The van der Waals surface area contributed by atoms with Crippen molar-refractivity contribution in [2.24, 2.45) is 0 Å². The second kappa shape index (κ2) is 8.67. The molecule has 6 nitrogen and oxygen atoms in total. The average Bonchev–Trinajstić information content (AvgIpc) is 2.97. The number of morpholine rings is 1. The molecule has 0 N–H and O–H groups in total. The molecular formula is C19H27FN2O4S. The first kappa shape index (κ1) is 20.2. The summed E-state index contributed by atoms with van der Waals surface area (Å²) >= 11 is 0. The number of sulfonamides is 1. The Morgan fingerprint density at radius 1 is 1.15 bits per heavy atom. The van der Waals surface area contributed by atoms with E-state index in [9.17, 15) is 17.6 Å². The lowest BCUT2D eigenvalue weighted by atomic mass is 10.1. The van der Waals surface area contributed by atoms with Gasteiger partial charge in [0.1, 0.15) is 10.7 Å². The van der Waals surface area contributed by atoms with Crippen molar-refractivity contribution in [3.63, 3.8) is 0 Å². The van der Waals surface area contributed by atoms with E-state index in [4.69, 9.17) is 4.74 Å². The Bertz CT molecular complexity index is 770. The van der Waals surface area contributed by atoms with Crippen LogP contribution in [0.15, 0.2) is 23.1 Å². The Morgan fingerprint density at radius 3 is 2.41 bits per heavy atom. The predicted molar refractivity (Wildman–Crippen MR) is 99.6 cm³/mol. The van der Waals surface area contributed by atoms with E-state index in [2.05, 4.69) is 0 Å². The molecule has 1 saturated carbocycles. The monoisotopic (exact) mass is 398 g/mol. The molecule has 0 atom stereocenters. The van der Waals surface area contributed by atoms with Crippen LogP contribution in [0.3, 0.4) is 0 Å². The average molecular weight is 399 g/mol. The molecule has 0 spiro atoms. The van der Waals surface area contributed by atoms with Crippen molar-refractivity contribution in [3.05, 3.63) is 29.6 Å². The topological polar surface area (TPSA) is 66.9 Å². The fourth-order valence-corrected chi connectivity index (χ4v) is 5.27. The molecular weight excluding hydrogens is 371 g/mol. The quantitative estimate of drug-likeness (QED) is 0.732. The SMILES string of the molecule is CN(C(=O)c1ccc(F)c(S(=O)(=O)N2CCOCC2)c1)C1CCCCCC1. The number of hydrogen-bond donors (Lipinski definition) is 0. The van der Waals surface area contributed by atoms with Crippen LogP contribution in [0.2, 0.25) is 0 Å². The largest absolute Gasteiger partial charge is 0.379 e. The van der Waals surface area contributed by atoms with Crippen molar-refractivity contribution in [1.82, 2.24) is 9.21 Å².